The fourth-order valence-electron chi connectivity index (χ4n) is 1.38. The molecule has 2 N–H and O–H groups in total. The third-order valence-corrected chi connectivity index (χ3v) is 3.72. The molecule has 0 saturated heterocycles. The van der Waals surface area contributed by atoms with Gasteiger partial charge < -0.3 is 10.4 Å². The van der Waals surface area contributed by atoms with E-state index in [4.69, 9.17) is 5.11 Å². The first-order valence-electron chi connectivity index (χ1n) is 5.13. The Kier molecular flexibility index (Phi) is 4.28. The van der Waals surface area contributed by atoms with Gasteiger partial charge in [0.05, 0.1) is 0 Å². The van der Waals surface area contributed by atoms with E-state index >= 15 is 0 Å². The zero-order valence-corrected chi connectivity index (χ0v) is 11.5. The Morgan fingerprint density at radius 1 is 1.29 bits per heavy atom. The standard InChI is InChI=1S/C12H14BrNO3/c1-6-4-9(5-7(2)10(6)13)14-11(15)8(3)12(16)17/h4-5,8H,1-3H3,(H,14,15)(H,16,17). The lowest BCUT2D eigenvalue weighted by molar-refractivity contribution is -0.144. The van der Waals surface area contributed by atoms with Gasteiger partial charge in [-0.2, -0.15) is 0 Å². The number of aryl methyl sites for hydroxylation is 2. The second-order valence-corrected chi connectivity index (χ2v) is 4.77. The molecule has 0 aliphatic rings. The summed E-state index contributed by atoms with van der Waals surface area (Å²) in [6, 6.07) is 3.59. The van der Waals surface area contributed by atoms with Crippen LogP contribution in [0.1, 0.15) is 18.1 Å². The predicted molar refractivity (Wildman–Crippen MR) is 69.0 cm³/mol. The Hall–Kier alpha value is -1.36. The molecule has 1 aromatic carbocycles. The highest BCUT2D eigenvalue weighted by atomic mass is 79.9. The molecule has 1 atom stereocenters. The van der Waals surface area contributed by atoms with Crippen molar-refractivity contribution < 1.29 is 14.7 Å². The number of carbonyl (C=O) groups excluding carboxylic acids is 1. The van der Waals surface area contributed by atoms with Crippen LogP contribution in [0.25, 0.3) is 0 Å². The van der Waals surface area contributed by atoms with E-state index in [1.54, 1.807) is 12.1 Å². The van der Waals surface area contributed by atoms with Gasteiger partial charge in [0.1, 0.15) is 5.92 Å². The van der Waals surface area contributed by atoms with E-state index in [0.717, 1.165) is 15.6 Å². The van der Waals surface area contributed by atoms with Gasteiger partial charge in [0.2, 0.25) is 5.91 Å². The summed E-state index contributed by atoms with van der Waals surface area (Å²) in [5, 5.41) is 11.3. The third kappa shape index (κ3) is 3.30. The van der Waals surface area contributed by atoms with Gasteiger partial charge in [0.15, 0.2) is 0 Å². The maximum atomic E-state index is 11.6. The van der Waals surface area contributed by atoms with Crippen molar-refractivity contribution in [2.24, 2.45) is 5.92 Å². The number of carboxylic acid groups (broad SMARTS) is 1. The fourth-order valence-corrected chi connectivity index (χ4v) is 1.61. The van der Waals surface area contributed by atoms with Crippen molar-refractivity contribution in [3.8, 4) is 0 Å². The molecule has 92 valence electrons. The van der Waals surface area contributed by atoms with Crippen LogP contribution < -0.4 is 5.32 Å². The molecule has 5 heteroatoms. The van der Waals surface area contributed by atoms with Gasteiger partial charge in [0, 0.05) is 10.2 Å². The Bertz CT molecular complexity index is 448. The smallest absolute Gasteiger partial charge is 0.315 e. The molecule has 1 amide bonds. The summed E-state index contributed by atoms with van der Waals surface area (Å²) >= 11 is 3.42. The molecule has 1 aromatic rings. The van der Waals surface area contributed by atoms with Gasteiger partial charge in [-0.25, -0.2) is 0 Å². The van der Waals surface area contributed by atoms with Crippen molar-refractivity contribution in [1.29, 1.82) is 0 Å². The van der Waals surface area contributed by atoms with Gasteiger partial charge in [-0.15, -0.1) is 0 Å². The highest BCUT2D eigenvalue weighted by molar-refractivity contribution is 9.10. The number of anilines is 1. The molecule has 0 spiro atoms. The summed E-state index contributed by atoms with van der Waals surface area (Å²) in [5.74, 6) is -2.70. The zero-order chi connectivity index (χ0) is 13.2. The molecule has 0 aliphatic carbocycles. The molecular formula is C12H14BrNO3. The van der Waals surface area contributed by atoms with Gasteiger partial charge in [0.25, 0.3) is 0 Å². The highest BCUT2D eigenvalue weighted by Crippen LogP contribution is 2.25. The van der Waals surface area contributed by atoms with Crippen LogP contribution in [0, 0.1) is 19.8 Å². The van der Waals surface area contributed by atoms with Crippen molar-refractivity contribution in [3.63, 3.8) is 0 Å². The Morgan fingerprint density at radius 2 is 1.76 bits per heavy atom. The number of rotatable bonds is 3. The third-order valence-electron chi connectivity index (χ3n) is 2.47. The molecule has 0 heterocycles. The summed E-state index contributed by atoms with van der Waals surface area (Å²) in [7, 11) is 0. The second kappa shape index (κ2) is 5.31. The van der Waals surface area contributed by atoms with E-state index in [1.165, 1.54) is 6.92 Å². The molecule has 0 bridgehead atoms. The summed E-state index contributed by atoms with van der Waals surface area (Å²) in [4.78, 5) is 22.2. The summed E-state index contributed by atoms with van der Waals surface area (Å²) in [5.41, 5.74) is 2.59. The monoisotopic (exact) mass is 299 g/mol. The Morgan fingerprint density at radius 3 is 2.18 bits per heavy atom. The molecule has 0 saturated carbocycles. The van der Waals surface area contributed by atoms with Crippen molar-refractivity contribution >= 4 is 33.5 Å². The van der Waals surface area contributed by atoms with Gasteiger partial charge in [-0.1, -0.05) is 15.9 Å². The highest BCUT2D eigenvalue weighted by Gasteiger charge is 2.20. The van der Waals surface area contributed by atoms with Crippen molar-refractivity contribution in [2.45, 2.75) is 20.8 Å². The quantitative estimate of drug-likeness (QED) is 0.843. The van der Waals surface area contributed by atoms with Gasteiger partial charge in [-0.3, -0.25) is 9.59 Å². The summed E-state index contributed by atoms with van der Waals surface area (Å²) in [6.45, 7) is 5.18. The minimum atomic E-state index is -1.13. The lowest BCUT2D eigenvalue weighted by Gasteiger charge is -2.11. The SMILES string of the molecule is Cc1cc(NC(=O)C(C)C(=O)O)cc(C)c1Br. The first kappa shape index (κ1) is 13.7. The Balaban J connectivity index is 2.90. The predicted octanol–water partition coefficient (Wildman–Crippen LogP) is 2.73. The zero-order valence-electron chi connectivity index (χ0n) is 9.87. The van der Waals surface area contributed by atoms with E-state index < -0.39 is 17.8 Å². The van der Waals surface area contributed by atoms with Crippen molar-refractivity contribution in [2.75, 3.05) is 5.32 Å². The summed E-state index contributed by atoms with van der Waals surface area (Å²) in [6.07, 6.45) is 0. The van der Waals surface area contributed by atoms with E-state index in [0.29, 0.717) is 5.69 Å². The average molecular weight is 300 g/mol. The van der Waals surface area contributed by atoms with E-state index in [9.17, 15) is 9.59 Å². The van der Waals surface area contributed by atoms with Crippen LogP contribution in [0.4, 0.5) is 5.69 Å². The largest absolute Gasteiger partial charge is 0.481 e. The minimum absolute atomic E-state index is 0.515. The molecule has 0 fully saturated rings. The number of carboxylic acids is 1. The molecule has 4 nitrogen and oxygen atoms in total. The lowest BCUT2D eigenvalue weighted by atomic mass is 10.1. The minimum Gasteiger partial charge on any atom is -0.481 e. The van der Waals surface area contributed by atoms with Crippen LogP contribution in [-0.2, 0) is 9.59 Å². The van der Waals surface area contributed by atoms with E-state index in [-0.39, 0.29) is 0 Å². The molecule has 0 radical (unpaired) electrons. The maximum absolute atomic E-state index is 11.6. The number of hydrogen-bond donors (Lipinski definition) is 2. The van der Waals surface area contributed by atoms with Crippen LogP contribution >= 0.6 is 15.9 Å². The molecule has 0 aliphatic heterocycles. The number of hydrogen-bond acceptors (Lipinski definition) is 2. The van der Waals surface area contributed by atoms with Crippen LogP contribution in [0.2, 0.25) is 0 Å². The number of halogens is 1. The molecule has 0 aromatic heterocycles. The van der Waals surface area contributed by atoms with Crippen molar-refractivity contribution in [1.82, 2.24) is 0 Å². The normalized spacial score (nSPS) is 12.0. The second-order valence-electron chi connectivity index (χ2n) is 3.97. The maximum Gasteiger partial charge on any atom is 0.315 e. The first-order valence-corrected chi connectivity index (χ1v) is 5.92. The van der Waals surface area contributed by atoms with Crippen LogP contribution in [0.15, 0.2) is 16.6 Å². The van der Waals surface area contributed by atoms with Gasteiger partial charge in [-0.05, 0) is 44.0 Å². The molecular weight excluding hydrogens is 286 g/mol. The molecule has 17 heavy (non-hydrogen) atoms. The number of amides is 1. The lowest BCUT2D eigenvalue weighted by Crippen LogP contribution is -2.26. The van der Waals surface area contributed by atoms with Gasteiger partial charge >= 0.3 is 5.97 Å². The number of carbonyl (C=O) groups is 2. The van der Waals surface area contributed by atoms with Crippen molar-refractivity contribution in [3.05, 3.63) is 27.7 Å². The Labute approximate surface area is 108 Å². The topological polar surface area (TPSA) is 66.4 Å². The number of benzene rings is 1. The molecule has 1 rings (SSSR count). The number of aliphatic carboxylic acids is 1. The van der Waals surface area contributed by atoms with E-state index in [1.807, 2.05) is 13.8 Å². The average Bonchev–Trinajstić information content (AvgIpc) is 2.24. The fraction of sp³-hybridized carbons (Fsp3) is 0.333. The summed E-state index contributed by atoms with van der Waals surface area (Å²) < 4.78 is 0.988. The first-order chi connectivity index (χ1) is 7.82. The van der Waals surface area contributed by atoms with Crippen LogP contribution in [-0.4, -0.2) is 17.0 Å². The van der Waals surface area contributed by atoms with E-state index in [2.05, 4.69) is 21.2 Å². The van der Waals surface area contributed by atoms with Crippen LogP contribution in [0.5, 0.6) is 0 Å². The van der Waals surface area contributed by atoms with Crippen LogP contribution in [0.3, 0.4) is 0 Å². The molecule has 1 unspecified atom stereocenters. The number of nitrogens with one attached hydrogen (secondary N) is 1.